The van der Waals surface area contributed by atoms with Crippen molar-refractivity contribution in [1.82, 2.24) is 29.9 Å². The van der Waals surface area contributed by atoms with Crippen molar-refractivity contribution in [3.63, 3.8) is 0 Å². The van der Waals surface area contributed by atoms with Gasteiger partial charge in [0.2, 0.25) is 0 Å². The molecule has 1 aromatic carbocycles. The van der Waals surface area contributed by atoms with Crippen LogP contribution in [0.3, 0.4) is 0 Å². The van der Waals surface area contributed by atoms with Gasteiger partial charge in [0.25, 0.3) is 5.91 Å². The van der Waals surface area contributed by atoms with E-state index in [1.165, 1.54) is 0 Å². The smallest absolute Gasteiger partial charge is 0.273 e. The summed E-state index contributed by atoms with van der Waals surface area (Å²) in [6.45, 7) is 3.42. The molecule has 3 rings (SSSR count). The second kappa shape index (κ2) is 7.54. The van der Waals surface area contributed by atoms with E-state index >= 15 is 0 Å². The number of aromatic nitrogens is 5. The average molecular weight is 324 g/mol. The van der Waals surface area contributed by atoms with Gasteiger partial charge in [0.15, 0.2) is 5.69 Å². The van der Waals surface area contributed by atoms with Crippen LogP contribution in [0.4, 0.5) is 0 Å². The average Bonchev–Trinajstić information content (AvgIpc) is 3.30. The summed E-state index contributed by atoms with van der Waals surface area (Å²) in [5.41, 5.74) is 1.45. The molecule has 0 bridgehead atoms. The molecule has 1 atom stereocenters. The molecule has 7 heteroatoms. The van der Waals surface area contributed by atoms with E-state index in [2.05, 4.69) is 20.6 Å². The minimum absolute atomic E-state index is 0.0292. The van der Waals surface area contributed by atoms with Crippen LogP contribution in [-0.2, 0) is 6.54 Å². The number of rotatable bonds is 7. The number of imidazole rings is 1. The van der Waals surface area contributed by atoms with Gasteiger partial charge in [0.05, 0.1) is 18.6 Å². The van der Waals surface area contributed by atoms with Gasteiger partial charge in [-0.1, -0.05) is 35.5 Å². The zero-order chi connectivity index (χ0) is 16.8. The van der Waals surface area contributed by atoms with Crippen LogP contribution in [0.1, 0.15) is 35.4 Å². The summed E-state index contributed by atoms with van der Waals surface area (Å²) in [5, 5.41) is 10.9. The first-order valence-corrected chi connectivity index (χ1v) is 7.95. The second-order valence-electron chi connectivity index (χ2n) is 5.58. The Kier molecular flexibility index (Phi) is 5.00. The van der Waals surface area contributed by atoms with Crippen molar-refractivity contribution in [2.45, 2.75) is 25.9 Å². The Bertz CT molecular complexity index is 766. The molecule has 0 fully saturated rings. The maximum atomic E-state index is 12.1. The third-order valence-corrected chi connectivity index (χ3v) is 3.86. The molecule has 7 nitrogen and oxygen atoms in total. The minimum Gasteiger partial charge on any atom is -0.351 e. The number of aryl methyl sites for hydroxylation is 1. The third kappa shape index (κ3) is 3.87. The fourth-order valence-electron chi connectivity index (χ4n) is 2.43. The highest BCUT2D eigenvalue weighted by atomic mass is 16.2. The van der Waals surface area contributed by atoms with E-state index in [4.69, 9.17) is 0 Å². The largest absolute Gasteiger partial charge is 0.351 e. The van der Waals surface area contributed by atoms with Crippen LogP contribution < -0.4 is 5.32 Å². The van der Waals surface area contributed by atoms with E-state index in [0.717, 1.165) is 18.5 Å². The molecule has 0 saturated heterocycles. The molecular weight excluding hydrogens is 304 g/mol. The van der Waals surface area contributed by atoms with Gasteiger partial charge in [-0.2, -0.15) is 0 Å². The van der Waals surface area contributed by atoms with E-state index in [1.807, 2.05) is 48.0 Å². The van der Waals surface area contributed by atoms with Crippen LogP contribution >= 0.6 is 0 Å². The highest BCUT2D eigenvalue weighted by Gasteiger charge is 2.14. The lowest BCUT2D eigenvalue weighted by Gasteiger charge is -2.10. The van der Waals surface area contributed by atoms with Gasteiger partial charge in [0.1, 0.15) is 0 Å². The molecule has 0 aliphatic heterocycles. The van der Waals surface area contributed by atoms with Gasteiger partial charge in [-0.15, -0.1) is 5.10 Å². The first-order chi connectivity index (χ1) is 11.7. The van der Waals surface area contributed by atoms with Crippen LogP contribution in [0.2, 0.25) is 0 Å². The summed E-state index contributed by atoms with van der Waals surface area (Å²) >= 11 is 0. The summed E-state index contributed by atoms with van der Waals surface area (Å²) in [4.78, 5) is 16.1. The molecule has 2 aromatic heterocycles. The predicted octanol–water partition coefficient (Wildman–Crippen LogP) is 1.90. The SMILES string of the molecule is C[C@@H](c1ccccc1)n1cc(C(=O)NCCCn2ccnc2)nn1. The second-order valence-corrected chi connectivity index (χ2v) is 5.58. The highest BCUT2D eigenvalue weighted by molar-refractivity contribution is 5.91. The molecule has 0 aliphatic rings. The number of nitrogens with zero attached hydrogens (tertiary/aromatic N) is 5. The number of amides is 1. The van der Waals surface area contributed by atoms with Crippen LogP contribution in [0.5, 0.6) is 0 Å². The number of carbonyl (C=O) groups is 1. The molecule has 3 aromatic rings. The van der Waals surface area contributed by atoms with Crippen molar-refractivity contribution in [2.24, 2.45) is 0 Å². The van der Waals surface area contributed by atoms with E-state index in [1.54, 1.807) is 23.4 Å². The van der Waals surface area contributed by atoms with Crippen molar-refractivity contribution in [2.75, 3.05) is 6.54 Å². The molecule has 1 N–H and O–H groups in total. The van der Waals surface area contributed by atoms with Gasteiger partial charge in [0, 0.05) is 25.5 Å². The lowest BCUT2D eigenvalue weighted by molar-refractivity contribution is 0.0947. The fourth-order valence-corrected chi connectivity index (χ4v) is 2.43. The Hall–Kier alpha value is -2.96. The Morgan fingerprint density at radius 3 is 2.88 bits per heavy atom. The van der Waals surface area contributed by atoms with E-state index < -0.39 is 0 Å². The molecule has 0 spiro atoms. The summed E-state index contributed by atoms with van der Waals surface area (Å²) < 4.78 is 3.68. The Balaban J connectivity index is 1.52. The maximum absolute atomic E-state index is 12.1. The van der Waals surface area contributed by atoms with Gasteiger partial charge >= 0.3 is 0 Å². The van der Waals surface area contributed by atoms with E-state index in [9.17, 15) is 4.79 Å². The van der Waals surface area contributed by atoms with Crippen molar-refractivity contribution in [3.8, 4) is 0 Å². The summed E-state index contributed by atoms with van der Waals surface area (Å²) in [7, 11) is 0. The van der Waals surface area contributed by atoms with Crippen molar-refractivity contribution >= 4 is 5.91 Å². The van der Waals surface area contributed by atoms with Gasteiger partial charge in [-0.25, -0.2) is 9.67 Å². The molecule has 0 aliphatic carbocycles. The molecule has 0 unspecified atom stereocenters. The maximum Gasteiger partial charge on any atom is 0.273 e. The van der Waals surface area contributed by atoms with Crippen molar-refractivity contribution in [1.29, 1.82) is 0 Å². The van der Waals surface area contributed by atoms with Gasteiger partial charge in [-0.05, 0) is 18.9 Å². The fraction of sp³-hybridized carbons (Fsp3) is 0.294. The Morgan fingerprint density at radius 2 is 2.12 bits per heavy atom. The standard InChI is InChI=1S/C17H20N6O/c1-14(15-6-3-2-4-7-15)23-12-16(20-21-23)17(24)19-8-5-10-22-11-9-18-13-22/h2-4,6-7,9,11-14H,5,8,10H2,1H3,(H,19,24)/t14-/m0/s1. The van der Waals surface area contributed by atoms with Gasteiger partial charge in [-0.3, -0.25) is 4.79 Å². The molecular formula is C17H20N6O. The van der Waals surface area contributed by atoms with Crippen molar-refractivity contribution < 1.29 is 4.79 Å². The summed E-state index contributed by atoms with van der Waals surface area (Å²) in [6.07, 6.45) is 7.92. The predicted molar refractivity (Wildman–Crippen MR) is 89.5 cm³/mol. The summed E-state index contributed by atoms with van der Waals surface area (Å²) in [6, 6.07) is 10.0. The van der Waals surface area contributed by atoms with E-state index in [0.29, 0.717) is 12.2 Å². The molecule has 2 heterocycles. The van der Waals surface area contributed by atoms with E-state index in [-0.39, 0.29) is 11.9 Å². The Morgan fingerprint density at radius 1 is 1.29 bits per heavy atom. The highest BCUT2D eigenvalue weighted by Crippen LogP contribution is 2.16. The zero-order valence-electron chi connectivity index (χ0n) is 13.5. The van der Waals surface area contributed by atoms with Crippen LogP contribution in [0.15, 0.2) is 55.2 Å². The number of carbonyl (C=O) groups excluding carboxylic acids is 1. The van der Waals surface area contributed by atoms with Gasteiger partial charge < -0.3 is 9.88 Å². The number of benzene rings is 1. The lowest BCUT2D eigenvalue weighted by Crippen LogP contribution is -2.25. The summed E-state index contributed by atoms with van der Waals surface area (Å²) in [5.74, 6) is -0.202. The normalized spacial score (nSPS) is 12.0. The molecule has 0 radical (unpaired) electrons. The topological polar surface area (TPSA) is 77.6 Å². The first kappa shape index (κ1) is 15.9. The lowest BCUT2D eigenvalue weighted by atomic mass is 10.1. The third-order valence-electron chi connectivity index (χ3n) is 3.86. The van der Waals surface area contributed by atoms with Crippen LogP contribution in [0.25, 0.3) is 0 Å². The number of hydrogen-bond donors (Lipinski definition) is 1. The van der Waals surface area contributed by atoms with Crippen LogP contribution in [0, 0.1) is 0 Å². The quantitative estimate of drug-likeness (QED) is 0.673. The molecule has 0 saturated carbocycles. The monoisotopic (exact) mass is 324 g/mol. The first-order valence-electron chi connectivity index (χ1n) is 7.95. The number of nitrogens with one attached hydrogen (secondary N) is 1. The zero-order valence-corrected chi connectivity index (χ0v) is 13.5. The van der Waals surface area contributed by atoms with Crippen molar-refractivity contribution in [3.05, 3.63) is 66.5 Å². The molecule has 1 amide bonds. The molecule has 24 heavy (non-hydrogen) atoms. The van der Waals surface area contributed by atoms with Crippen LogP contribution in [-0.4, -0.2) is 37.0 Å². The molecule has 124 valence electrons. The minimum atomic E-state index is -0.202. The number of hydrogen-bond acceptors (Lipinski definition) is 4. The Labute approximate surface area is 140 Å².